The highest BCUT2D eigenvalue weighted by Gasteiger charge is 2.30. The van der Waals surface area contributed by atoms with Gasteiger partial charge in [-0.05, 0) is 29.7 Å². The lowest BCUT2D eigenvalue weighted by Gasteiger charge is -2.35. The molecule has 2 aliphatic rings. The van der Waals surface area contributed by atoms with E-state index in [4.69, 9.17) is 4.42 Å². The average molecular weight is 425 g/mol. The second-order valence-corrected chi connectivity index (χ2v) is 8.03. The molecule has 164 valence electrons. The predicted octanol–water partition coefficient (Wildman–Crippen LogP) is 1.19. The van der Waals surface area contributed by atoms with Crippen molar-refractivity contribution < 1.29 is 18.8 Å². The monoisotopic (exact) mass is 424 g/mol. The van der Waals surface area contributed by atoms with Crippen LogP contribution in [0.25, 0.3) is 0 Å². The number of hydrogen-bond donors (Lipinski definition) is 1. The molecule has 8 heteroatoms. The lowest BCUT2D eigenvalue weighted by atomic mass is 9.98. The van der Waals surface area contributed by atoms with E-state index in [1.807, 2.05) is 18.2 Å². The number of carbonyl (C=O) groups is 3. The van der Waals surface area contributed by atoms with E-state index in [2.05, 4.69) is 28.4 Å². The van der Waals surface area contributed by atoms with Gasteiger partial charge in [0, 0.05) is 52.7 Å². The number of fused-ring (bicyclic) bond motifs is 1. The van der Waals surface area contributed by atoms with Crippen LogP contribution in [0.5, 0.6) is 0 Å². The van der Waals surface area contributed by atoms with Crippen molar-refractivity contribution >= 4 is 17.7 Å². The molecule has 0 spiro atoms. The molecule has 8 nitrogen and oxygen atoms in total. The van der Waals surface area contributed by atoms with Crippen LogP contribution in [0.15, 0.2) is 47.1 Å². The van der Waals surface area contributed by atoms with Gasteiger partial charge in [-0.25, -0.2) is 0 Å². The molecular weight excluding hydrogens is 396 g/mol. The van der Waals surface area contributed by atoms with Crippen LogP contribution in [-0.4, -0.2) is 71.7 Å². The highest BCUT2D eigenvalue weighted by atomic mass is 16.3. The van der Waals surface area contributed by atoms with E-state index in [9.17, 15) is 14.4 Å². The summed E-state index contributed by atoms with van der Waals surface area (Å²) in [5, 5.41) is 2.81. The van der Waals surface area contributed by atoms with Gasteiger partial charge in [0.05, 0.1) is 12.3 Å². The Balaban J connectivity index is 1.38. The Bertz CT molecular complexity index is 935. The molecule has 4 rings (SSSR count). The maximum Gasteiger partial charge on any atom is 0.312 e. The summed E-state index contributed by atoms with van der Waals surface area (Å²) < 4.78 is 5.65. The van der Waals surface area contributed by atoms with Crippen LogP contribution in [0.1, 0.15) is 29.9 Å². The van der Waals surface area contributed by atoms with Crippen molar-refractivity contribution in [2.45, 2.75) is 25.9 Å². The van der Waals surface area contributed by atoms with Gasteiger partial charge in [-0.1, -0.05) is 24.3 Å². The van der Waals surface area contributed by atoms with Gasteiger partial charge in [0.25, 0.3) is 0 Å². The van der Waals surface area contributed by atoms with Crippen molar-refractivity contribution in [2.24, 2.45) is 0 Å². The summed E-state index contributed by atoms with van der Waals surface area (Å²) in [6.07, 6.45) is 2.56. The summed E-state index contributed by atoms with van der Waals surface area (Å²) in [6, 6.07) is 12.0. The van der Waals surface area contributed by atoms with Crippen molar-refractivity contribution in [3.05, 3.63) is 59.5 Å². The van der Waals surface area contributed by atoms with E-state index in [1.165, 1.54) is 23.0 Å². The molecule has 0 aliphatic carbocycles. The Morgan fingerprint density at radius 2 is 1.68 bits per heavy atom. The highest BCUT2D eigenvalue weighted by molar-refractivity contribution is 6.35. The summed E-state index contributed by atoms with van der Waals surface area (Å²) in [5.41, 5.74) is 2.62. The summed E-state index contributed by atoms with van der Waals surface area (Å²) in [6.45, 7) is 5.06. The maximum atomic E-state index is 12.6. The van der Waals surface area contributed by atoms with E-state index in [-0.39, 0.29) is 18.5 Å². The number of amides is 3. The second-order valence-electron chi connectivity index (χ2n) is 8.03. The Morgan fingerprint density at radius 1 is 0.968 bits per heavy atom. The topological polar surface area (TPSA) is 86.1 Å². The van der Waals surface area contributed by atoms with Crippen LogP contribution < -0.4 is 5.32 Å². The third-order valence-corrected chi connectivity index (χ3v) is 6.13. The number of furan rings is 1. The summed E-state index contributed by atoms with van der Waals surface area (Å²) in [5.74, 6) is -0.418. The van der Waals surface area contributed by atoms with Crippen molar-refractivity contribution in [3.8, 4) is 0 Å². The van der Waals surface area contributed by atoms with Gasteiger partial charge in [0.1, 0.15) is 5.76 Å². The fourth-order valence-electron chi connectivity index (χ4n) is 4.31. The highest BCUT2D eigenvalue weighted by Crippen LogP contribution is 2.27. The third kappa shape index (κ3) is 4.80. The van der Waals surface area contributed by atoms with E-state index in [0.717, 1.165) is 25.3 Å². The molecule has 1 aromatic carbocycles. The number of piperazine rings is 1. The standard InChI is InChI=1S/C23H28N4O4/c1-17(28)25-10-12-26(13-11-25)23(30)22(29)24-15-20(21-7-4-14-31-21)27-9-8-18-5-2-3-6-19(18)16-27/h2-7,14,20H,8-13,15-16H2,1H3,(H,24,29). The van der Waals surface area contributed by atoms with Crippen LogP contribution in [-0.2, 0) is 27.3 Å². The molecule has 1 aromatic heterocycles. The molecule has 31 heavy (non-hydrogen) atoms. The van der Waals surface area contributed by atoms with Crippen molar-refractivity contribution in [1.29, 1.82) is 0 Å². The largest absolute Gasteiger partial charge is 0.468 e. The van der Waals surface area contributed by atoms with Gasteiger partial charge in [-0.2, -0.15) is 0 Å². The number of hydrogen-bond acceptors (Lipinski definition) is 5. The Kier molecular flexibility index (Phi) is 6.36. The fraction of sp³-hybridized carbons (Fsp3) is 0.435. The first-order valence-corrected chi connectivity index (χ1v) is 10.7. The van der Waals surface area contributed by atoms with Crippen molar-refractivity contribution in [1.82, 2.24) is 20.0 Å². The minimum absolute atomic E-state index is 0.0130. The molecule has 1 fully saturated rings. The van der Waals surface area contributed by atoms with Crippen molar-refractivity contribution in [3.63, 3.8) is 0 Å². The number of nitrogens with zero attached hydrogens (tertiary/aromatic N) is 3. The van der Waals surface area contributed by atoms with Crippen LogP contribution >= 0.6 is 0 Å². The van der Waals surface area contributed by atoms with Crippen LogP contribution in [0.4, 0.5) is 0 Å². The van der Waals surface area contributed by atoms with Crippen LogP contribution in [0, 0.1) is 0 Å². The van der Waals surface area contributed by atoms with Gasteiger partial charge in [-0.15, -0.1) is 0 Å². The molecule has 2 aromatic rings. The third-order valence-electron chi connectivity index (χ3n) is 6.13. The quantitative estimate of drug-likeness (QED) is 0.745. The molecule has 2 aliphatic heterocycles. The fourth-order valence-corrected chi connectivity index (χ4v) is 4.31. The molecule has 0 saturated carbocycles. The minimum Gasteiger partial charge on any atom is -0.468 e. The number of benzene rings is 1. The molecule has 0 radical (unpaired) electrons. The van der Waals surface area contributed by atoms with Gasteiger partial charge >= 0.3 is 11.8 Å². The number of carbonyl (C=O) groups excluding carboxylic acids is 3. The lowest BCUT2D eigenvalue weighted by molar-refractivity contribution is -0.148. The van der Waals surface area contributed by atoms with E-state index in [0.29, 0.717) is 26.2 Å². The smallest absolute Gasteiger partial charge is 0.312 e. The predicted molar refractivity (Wildman–Crippen MR) is 114 cm³/mol. The zero-order chi connectivity index (χ0) is 21.8. The zero-order valence-electron chi connectivity index (χ0n) is 17.8. The molecular formula is C23H28N4O4. The van der Waals surface area contributed by atoms with Crippen LogP contribution in [0.2, 0.25) is 0 Å². The molecule has 0 bridgehead atoms. The van der Waals surface area contributed by atoms with Gasteiger partial charge < -0.3 is 19.5 Å². The summed E-state index contributed by atoms with van der Waals surface area (Å²) >= 11 is 0. The zero-order valence-corrected chi connectivity index (χ0v) is 17.8. The van der Waals surface area contributed by atoms with Crippen LogP contribution in [0.3, 0.4) is 0 Å². The molecule has 1 saturated heterocycles. The first-order chi connectivity index (χ1) is 15.0. The normalized spacial score (nSPS) is 17.7. The molecule has 1 unspecified atom stereocenters. The summed E-state index contributed by atoms with van der Waals surface area (Å²) in [7, 11) is 0. The number of nitrogens with one attached hydrogen (secondary N) is 1. The Labute approximate surface area is 181 Å². The molecule has 3 amide bonds. The van der Waals surface area contributed by atoms with E-state index in [1.54, 1.807) is 11.2 Å². The Morgan fingerprint density at radius 3 is 2.35 bits per heavy atom. The Hall–Kier alpha value is -3.13. The molecule has 1 atom stereocenters. The van der Waals surface area contributed by atoms with Crippen molar-refractivity contribution in [2.75, 3.05) is 39.3 Å². The first kappa shape index (κ1) is 21.1. The van der Waals surface area contributed by atoms with E-state index >= 15 is 0 Å². The van der Waals surface area contributed by atoms with Gasteiger partial charge in [-0.3, -0.25) is 19.3 Å². The van der Waals surface area contributed by atoms with E-state index < -0.39 is 11.8 Å². The lowest BCUT2D eigenvalue weighted by Crippen LogP contribution is -2.54. The van der Waals surface area contributed by atoms with Gasteiger partial charge in [0.2, 0.25) is 5.91 Å². The SMILES string of the molecule is CC(=O)N1CCN(C(=O)C(=O)NCC(c2ccco2)N2CCc3ccccc3C2)CC1. The molecule has 1 N–H and O–H groups in total. The first-order valence-electron chi connectivity index (χ1n) is 10.7. The number of rotatable bonds is 4. The molecule has 3 heterocycles. The maximum absolute atomic E-state index is 12.6. The average Bonchev–Trinajstić information content (AvgIpc) is 3.33. The van der Waals surface area contributed by atoms with Gasteiger partial charge in [0.15, 0.2) is 0 Å². The second kappa shape index (κ2) is 9.34. The summed E-state index contributed by atoms with van der Waals surface area (Å²) in [4.78, 5) is 42.1. The minimum atomic E-state index is -0.620.